The topological polar surface area (TPSA) is 26.0 Å². The van der Waals surface area contributed by atoms with E-state index in [9.17, 15) is 4.39 Å². The van der Waals surface area contributed by atoms with Crippen LogP contribution in [0.15, 0.2) is 34.9 Å². The number of oxazole rings is 1. The molecule has 2 rings (SSSR count). The fourth-order valence-electron chi connectivity index (χ4n) is 1.08. The van der Waals surface area contributed by atoms with Crippen molar-refractivity contribution >= 4 is 0 Å². The summed E-state index contributed by atoms with van der Waals surface area (Å²) in [5.41, 5.74) is 1.61. The average Bonchev–Trinajstić information content (AvgIpc) is 2.53. The van der Waals surface area contributed by atoms with Crippen molar-refractivity contribution in [1.29, 1.82) is 0 Å². The normalized spacial score (nSPS) is 10.3. The molecule has 0 aliphatic heterocycles. The molecule has 0 saturated carbocycles. The molecule has 0 bridgehead atoms. The molecule has 1 aromatic carbocycles. The van der Waals surface area contributed by atoms with E-state index in [0.29, 0.717) is 5.89 Å². The number of aromatic nitrogens is 1. The molecule has 0 unspecified atom stereocenters. The number of rotatable bonds is 1. The molecule has 0 amide bonds. The quantitative estimate of drug-likeness (QED) is 0.669. The lowest BCUT2D eigenvalue weighted by Gasteiger charge is -1.93. The molecule has 0 aliphatic carbocycles. The van der Waals surface area contributed by atoms with Gasteiger partial charge in [0.2, 0.25) is 5.89 Å². The van der Waals surface area contributed by atoms with Crippen molar-refractivity contribution in [2.24, 2.45) is 0 Å². The van der Waals surface area contributed by atoms with Crippen molar-refractivity contribution in [3.63, 3.8) is 0 Å². The summed E-state index contributed by atoms with van der Waals surface area (Å²) in [6.07, 6.45) is 1.57. The third-order valence-corrected chi connectivity index (χ3v) is 1.71. The molecule has 0 radical (unpaired) electrons. The molecule has 13 heavy (non-hydrogen) atoms. The van der Waals surface area contributed by atoms with Crippen LogP contribution < -0.4 is 0 Å². The molecule has 3 heteroatoms. The summed E-state index contributed by atoms with van der Waals surface area (Å²) in [6.45, 7) is 1.84. The third-order valence-electron chi connectivity index (χ3n) is 1.71. The van der Waals surface area contributed by atoms with E-state index in [1.165, 1.54) is 12.1 Å². The molecule has 2 aromatic rings. The van der Waals surface area contributed by atoms with Crippen LogP contribution in [-0.2, 0) is 0 Å². The number of benzene rings is 1. The fraction of sp³-hybridized carbons (Fsp3) is 0.100. The Morgan fingerprint density at radius 1 is 1.23 bits per heavy atom. The number of hydrogen-bond donors (Lipinski definition) is 0. The molecule has 0 aliphatic rings. The summed E-state index contributed by atoms with van der Waals surface area (Å²) in [5.74, 6) is 0.268. The Balaban J connectivity index is 2.41. The number of halogens is 1. The molecule has 0 spiro atoms. The van der Waals surface area contributed by atoms with Gasteiger partial charge in [0.15, 0.2) is 0 Å². The van der Waals surface area contributed by atoms with Crippen LogP contribution in [0.4, 0.5) is 4.39 Å². The predicted molar refractivity (Wildman–Crippen MR) is 46.6 cm³/mol. The Bertz CT molecular complexity index is 405. The first-order chi connectivity index (χ1) is 6.25. The standard InChI is InChI=1S/C10H8FNO/c1-7-6-13-10(12-7)8-2-4-9(11)5-3-8/h2-6H,1H3. The van der Waals surface area contributed by atoms with Crippen molar-refractivity contribution in [2.75, 3.05) is 0 Å². The van der Waals surface area contributed by atoms with Gasteiger partial charge in [0, 0.05) is 5.56 Å². The Hall–Kier alpha value is -1.64. The van der Waals surface area contributed by atoms with E-state index in [1.807, 2.05) is 6.92 Å². The lowest BCUT2D eigenvalue weighted by Crippen LogP contribution is -1.78. The van der Waals surface area contributed by atoms with Gasteiger partial charge in [-0.3, -0.25) is 0 Å². The Morgan fingerprint density at radius 2 is 1.92 bits per heavy atom. The van der Waals surface area contributed by atoms with E-state index in [2.05, 4.69) is 4.98 Å². The van der Waals surface area contributed by atoms with E-state index in [0.717, 1.165) is 11.3 Å². The first-order valence-corrected chi connectivity index (χ1v) is 3.94. The first-order valence-electron chi connectivity index (χ1n) is 3.94. The van der Waals surface area contributed by atoms with Crippen LogP contribution in [0.5, 0.6) is 0 Å². The minimum Gasteiger partial charge on any atom is -0.444 e. The maximum Gasteiger partial charge on any atom is 0.226 e. The van der Waals surface area contributed by atoms with Gasteiger partial charge in [-0.15, -0.1) is 0 Å². The van der Waals surface area contributed by atoms with Crippen LogP contribution in [0.1, 0.15) is 5.69 Å². The van der Waals surface area contributed by atoms with Crippen LogP contribution >= 0.6 is 0 Å². The van der Waals surface area contributed by atoms with Gasteiger partial charge in [-0.2, -0.15) is 0 Å². The molecule has 66 valence electrons. The Kier molecular flexibility index (Phi) is 1.85. The van der Waals surface area contributed by atoms with E-state index < -0.39 is 0 Å². The molecule has 2 nitrogen and oxygen atoms in total. The second-order valence-electron chi connectivity index (χ2n) is 2.80. The van der Waals surface area contributed by atoms with Gasteiger partial charge < -0.3 is 4.42 Å². The highest BCUT2D eigenvalue weighted by molar-refractivity contribution is 5.52. The highest BCUT2D eigenvalue weighted by atomic mass is 19.1. The Labute approximate surface area is 75.0 Å². The number of hydrogen-bond acceptors (Lipinski definition) is 2. The van der Waals surface area contributed by atoms with E-state index in [1.54, 1.807) is 18.4 Å². The fourth-order valence-corrected chi connectivity index (χ4v) is 1.08. The molecule has 0 atom stereocenters. The molecule has 0 fully saturated rings. The smallest absolute Gasteiger partial charge is 0.226 e. The van der Waals surface area contributed by atoms with Gasteiger partial charge in [0.05, 0.1) is 5.69 Å². The minimum atomic E-state index is -0.257. The Morgan fingerprint density at radius 3 is 2.46 bits per heavy atom. The van der Waals surface area contributed by atoms with E-state index in [4.69, 9.17) is 4.42 Å². The molecule has 1 heterocycles. The van der Waals surface area contributed by atoms with Gasteiger partial charge in [-0.25, -0.2) is 9.37 Å². The average molecular weight is 177 g/mol. The molecular weight excluding hydrogens is 169 g/mol. The summed E-state index contributed by atoms with van der Waals surface area (Å²) < 4.78 is 17.7. The summed E-state index contributed by atoms with van der Waals surface area (Å²) >= 11 is 0. The van der Waals surface area contributed by atoms with Crippen molar-refractivity contribution < 1.29 is 8.81 Å². The van der Waals surface area contributed by atoms with E-state index in [-0.39, 0.29) is 5.82 Å². The zero-order valence-corrected chi connectivity index (χ0v) is 7.12. The second kappa shape index (κ2) is 3.01. The summed E-state index contributed by atoms with van der Waals surface area (Å²) in [7, 11) is 0. The SMILES string of the molecule is Cc1coc(-c2ccc(F)cc2)n1. The summed E-state index contributed by atoms with van der Waals surface area (Å²) in [5, 5.41) is 0. The highest BCUT2D eigenvalue weighted by Gasteiger charge is 2.03. The number of nitrogens with zero attached hydrogens (tertiary/aromatic N) is 1. The zero-order valence-electron chi connectivity index (χ0n) is 7.12. The van der Waals surface area contributed by atoms with Crippen LogP contribution in [0.3, 0.4) is 0 Å². The molecular formula is C10H8FNO. The van der Waals surface area contributed by atoms with Gasteiger partial charge in [-0.05, 0) is 31.2 Å². The third kappa shape index (κ3) is 1.59. The highest BCUT2D eigenvalue weighted by Crippen LogP contribution is 2.18. The van der Waals surface area contributed by atoms with Crippen LogP contribution in [0.25, 0.3) is 11.5 Å². The lowest BCUT2D eigenvalue weighted by atomic mass is 10.2. The predicted octanol–water partition coefficient (Wildman–Crippen LogP) is 2.79. The van der Waals surface area contributed by atoms with Crippen molar-refractivity contribution in [2.45, 2.75) is 6.92 Å². The summed E-state index contributed by atoms with van der Waals surface area (Å²) in [6, 6.07) is 6.05. The first kappa shape index (κ1) is 7.98. The maximum absolute atomic E-state index is 12.6. The molecule has 1 aromatic heterocycles. The van der Waals surface area contributed by atoms with Crippen LogP contribution in [0.2, 0.25) is 0 Å². The van der Waals surface area contributed by atoms with Crippen molar-refractivity contribution in [3.05, 3.63) is 42.0 Å². The maximum atomic E-state index is 12.6. The van der Waals surface area contributed by atoms with Gasteiger partial charge >= 0.3 is 0 Å². The van der Waals surface area contributed by atoms with E-state index >= 15 is 0 Å². The second-order valence-corrected chi connectivity index (χ2v) is 2.80. The zero-order chi connectivity index (χ0) is 9.26. The van der Waals surface area contributed by atoms with Gasteiger partial charge in [-0.1, -0.05) is 0 Å². The number of aryl methyl sites for hydroxylation is 1. The summed E-state index contributed by atoms with van der Waals surface area (Å²) in [4.78, 5) is 4.12. The lowest BCUT2D eigenvalue weighted by molar-refractivity contribution is 0.573. The van der Waals surface area contributed by atoms with Crippen LogP contribution in [-0.4, -0.2) is 4.98 Å². The molecule has 0 N–H and O–H groups in total. The molecule has 0 saturated heterocycles. The monoisotopic (exact) mass is 177 g/mol. The van der Waals surface area contributed by atoms with Gasteiger partial charge in [0.1, 0.15) is 12.1 Å². The van der Waals surface area contributed by atoms with Crippen LogP contribution in [0, 0.1) is 12.7 Å². The largest absolute Gasteiger partial charge is 0.444 e. The minimum absolute atomic E-state index is 0.257. The van der Waals surface area contributed by atoms with Gasteiger partial charge in [0.25, 0.3) is 0 Å². The van der Waals surface area contributed by atoms with Crippen molar-refractivity contribution in [1.82, 2.24) is 4.98 Å². The van der Waals surface area contributed by atoms with Crippen molar-refractivity contribution in [3.8, 4) is 11.5 Å².